The van der Waals surface area contributed by atoms with Crippen LogP contribution in [0.5, 0.6) is 5.75 Å². The van der Waals surface area contributed by atoms with Gasteiger partial charge in [-0.1, -0.05) is 24.3 Å². The Labute approximate surface area is 159 Å². The average molecular weight is 387 g/mol. The number of rotatable bonds is 6. The van der Waals surface area contributed by atoms with E-state index in [9.17, 15) is 14.0 Å². The lowest BCUT2D eigenvalue weighted by Gasteiger charge is -2.18. The van der Waals surface area contributed by atoms with Crippen molar-refractivity contribution in [1.29, 1.82) is 0 Å². The molecular formula is C20H18FNO4S. The number of methoxy groups -OCH3 is 1. The largest absolute Gasteiger partial charge is 0.496 e. The van der Waals surface area contributed by atoms with Crippen molar-refractivity contribution in [2.45, 2.75) is 6.54 Å². The number of benzene rings is 2. The SMILES string of the molecule is COc1ccccc1CN(C)C(=O)COC(=O)c1cc2c(F)cccc2s1. The molecule has 0 radical (unpaired) electrons. The van der Waals surface area contributed by atoms with Crippen molar-refractivity contribution in [3.05, 3.63) is 64.8 Å². The van der Waals surface area contributed by atoms with E-state index >= 15 is 0 Å². The van der Waals surface area contributed by atoms with E-state index in [0.29, 0.717) is 22.4 Å². The van der Waals surface area contributed by atoms with Crippen molar-refractivity contribution < 1.29 is 23.5 Å². The van der Waals surface area contributed by atoms with Gasteiger partial charge in [0.25, 0.3) is 5.91 Å². The molecule has 27 heavy (non-hydrogen) atoms. The number of para-hydroxylation sites is 1. The third-order valence-electron chi connectivity index (χ3n) is 4.06. The number of amides is 1. The van der Waals surface area contributed by atoms with E-state index in [4.69, 9.17) is 9.47 Å². The van der Waals surface area contributed by atoms with Crippen molar-refractivity contribution in [1.82, 2.24) is 4.90 Å². The molecule has 3 aromatic rings. The van der Waals surface area contributed by atoms with Gasteiger partial charge in [0, 0.05) is 29.2 Å². The first-order valence-electron chi connectivity index (χ1n) is 8.20. The molecular weight excluding hydrogens is 369 g/mol. The Kier molecular flexibility index (Phi) is 5.71. The zero-order valence-electron chi connectivity index (χ0n) is 14.9. The fraction of sp³-hybridized carbons (Fsp3) is 0.200. The maximum absolute atomic E-state index is 13.7. The number of esters is 1. The summed E-state index contributed by atoms with van der Waals surface area (Å²) in [5.41, 5.74) is 0.849. The molecule has 3 rings (SSSR count). The number of halogens is 1. The summed E-state index contributed by atoms with van der Waals surface area (Å²) in [5.74, 6) is -0.701. The van der Waals surface area contributed by atoms with Crippen LogP contribution in [-0.4, -0.2) is 37.5 Å². The highest BCUT2D eigenvalue weighted by Gasteiger charge is 2.17. The first-order valence-corrected chi connectivity index (χ1v) is 9.02. The highest BCUT2D eigenvalue weighted by Crippen LogP contribution is 2.28. The minimum atomic E-state index is -0.644. The lowest BCUT2D eigenvalue weighted by molar-refractivity contribution is -0.133. The monoisotopic (exact) mass is 387 g/mol. The van der Waals surface area contributed by atoms with Gasteiger partial charge in [-0.3, -0.25) is 4.79 Å². The van der Waals surface area contributed by atoms with E-state index < -0.39 is 11.8 Å². The number of carbonyl (C=O) groups is 2. The zero-order valence-corrected chi connectivity index (χ0v) is 15.7. The van der Waals surface area contributed by atoms with Gasteiger partial charge < -0.3 is 14.4 Å². The Morgan fingerprint density at radius 3 is 2.67 bits per heavy atom. The third-order valence-corrected chi connectivity index (χ3v) is 5.14. The first-order chi connectivity index (χ1) is 13.0. The highest BCUT2D eigenvalue weighted by atomic mass is 32.1. The van der Waals surface area contributed by atoms with Gasteiger partial charge in [-0.05, 0) is 24.3 Å². The first kappa shape index (κ1) is 18.8. The Morgan fingerprint density at radius 2 is 1.93 bits per heavy atom. The maximum Gasteiger partial charge on any atom is 0.348 e. The molecule has 0 bridgehead atoms. The van der Waals surface area contributed by atoms with Crippen LogP contribution in [-0.2, 0) is 16.1 Å². The second kappa shape index (κ2) is 8.18. The fourth-order valence-corrected chi connectivity index (χ4v) is 3.58. The Balaban J connectivity index is 1.60. The van der Waals surface area contributed by atoms with E-state index in [-0.39, 0.29) is 17.4 Å². The topological polar surface area (TPSA) is 55.8 Å². The Hall–Kier alpha value is -2.93. The lowest BCUT2D eigenvalue weighted by Crippen LogP contribution is -2.30. The predicted molar refractivity (Wildman–Crippen MR) is 102 cm³/mol. The van der Waals surface area contributed by atoms with Gasteiger partial charge in [-0.25, -0.2) is 9.18 Å². The number of thiophene rings is 1. The number of likely N-dealkylation sites (N-methyl/N-ethyl adjacent to an activating group) is 1. The van der Waals surface area contributed by atoms with Gasteiger partial charge in [0.15, 0.2) is 6.61 Å². The quantitative estimate of drug-likeness (QED) is 0.603. The number of nitrogens with zero attached hydrogens (tertiary/aromatic N) is 1. The van der Waals surface area contributed by atoms with Gasteiger partial charge in [-0.2, -0.15) is 0 Å². The highest BCUT2D eigenvalue weighted by molar-refractivity contribution is 7.20. The Morgan fingerprint density at radius 1 is 1.15 bits per heavy atom. The second-order valence-electron chi connectivity index (χ2n) is 5.90. The minimum absolute atomic E-state index is 0.260. The molecule has 1 amide bonds. The van der Waals surface area contributed by atoms with Gasteiger partial charge in [-0.15, -0.1) is 11.3 Å². The zero-order chi connectivity index (χ0) is 19.4. The molecule has 140 valence electrons. The van der Waals surface area contributed by atoms with Crippen LogP contribution in [0.1, 0.15) is 15.2 Å². The molecule has 0 unspecified atom stereocenters. The van der Waals surface area contributed by atoms with Crippen LogP contribution in [0.15, 0.2) is 48.5 Å². The summed E-state index contributed by atoms with van der Waals surface area (Å²) in [6.07, 6.45) is 0. The molecule has 0 spiro atoms. The molecule has 1 heterocycles. The number of ether oxygens (including phenoxy) is 2. The van der Waals surface area contributed by atoms with Gasteiger partial charge in [0.05, 0.1) is 7.11 Å². The molecule has 0 N–H and O–H groups in total. The summed E-state index contributed by atoms with van der Waals surface area (Å²) in [5, 5.41) is 0.370. The minimum Gasteiger partial charge on any atom is -0.496 e. The van der Waals surface area contributed by atoms with Crippen LogP contribution in [0, 0.1) is 5.82 Å². The maximum atomic E-state index is 13.7. The van der Waals surface area contributed by atoms with Crippen molar-refractivity contribution in [2.24, 2.45) is 0 Å². The van der Waals surface area contributed by atoms with E-state index in [2.05, 4.69) is 0 Å². The molecule has 0 saturated heterocycles. The molecule has 2 aromatic carbocycles. The van der Waals surface area contributed by atoms with E-state index in [0.717, 1.165) is 16.9 Å². The molecule has 0 aliphatic rings. The number of hydrogen-bond acceptors (Lipinski definition) is 5. The van der Waals surface area contributed by atoms with Crippen molar-refractivity contribution in [3.63, 3.8) is 0 Å². The fourth-order valence-electron chi connectivity index (χ4n) is 2.61. The molecule has 0 aliphatic carbocycles. The van der Waals surface area contributed by atoms with Crippen molar-refractivity contribution in [3.8, 4) is 5.75 Å². The van der Waals surface area contributed by atoms with Crippen LogP contribution < -0.4 is 4.74 Å². The Bertz CT molecular complexity index is 985. The molecule has 5 nitrogen and oxygen atoms in total. The van der Waals surface area contributed by atoms with Gasteiger partial charge in [0.1, 0.15) is 16.4 Å². The van der Waals surface area contributed by atoms with E-state index in [1.54, 1.807) is 26.3 Å². The smallest absolute Gasteiger partial charge is 0.348 e. The van der Waals surface area contributed by atoms with E-state index in [1.165, 1.54) is 17.0 Å². The predicted octanol–water partition coefficient (Wildman–Crippen LogP) is 3.86. The van der Waals surface area contributed by atoms with Gasteiger partial charge >= 0.3 is 5.97 Å². The number of carbonyl (C=O) groups excluding carboxylic acids is 2. The van der Waals surface area contributed by atoms with Crippen LogP contribution in [0.4, 0.5) is 4.39 Å². The molecule has 7 heteroatoms. The summed E-state index contributed by atoms with van der Waals surface area (Å²) in [6, 6.07) is 13.5. The lowest BCUT2D eigenvalue weighted by atomic mass is 10.2. The van der Waals surface area contributed by atoms with Crippen LogP contribution in [0.2, 0.25) is 0 Å². The summed E-state index contributed by atoms with van der Waals surface area (Å²) < 4.78 is 24.8. The average Bonchev–Trinajstić information content (AvgIpc) is 3.12. The summed E-state index contributed by atoms with van der Waals surface area (Å²) >= 11 is 1.13. The van der Waals surface area contributed by atoms with Crippen LogP contribution in [0.3, 0.4) is 0 Å². The summed E-state index contributed by atoms with van der Waals surface area (Å²) in [4.78, 5) is 26.2. The molecule has 0 aliphatic heterocycles. The molecule has 0 fully saturated rings. The summed E-state index contributed by atoms with van der Waals surface area (Å²) in [6.45, 7) is -0.0598. The van der Waals surface area contributed by atoms with Gasteiger partial charge in [0.2, 0.25) is 0 Å². The van der Waals surface area contributed by atoms with Crippen molar-refractivity contribution >= 4 is 33.3 Å². The molecule has 1 aromatic heterocycles. The van der Waals surface area contributed by atoms with Crippen molar-refractivity contribution in [2.75, 3.05) is 20.8 Å². The molecule has 0 atom stereocenters. The molecule has 0 saturated carbocycles. The van der Waals surface area contributed by atoms with E-state index in [1.807, 2.05) is 24.3 Å². The normalized spacial score (nSPS) is 10.6. The standard InChI is InChI=1S/C20H18FNO4S/c1-22(11-13-6-3-4-8-16(13)25-2)19(23)12-26-20(24)18-10-14-15(21)7-5-9-17(14)27-18/h3-10H,11-12H2,1-2H3. The summed E-state index contributed by atoms with van der Waals surface area (Å²) in [7, 11) is 3.19. The third kappa shape index (κ3) is 4.25. The number of fused-ring (bicyclic) bond motifs is 1. The number of hydrogen-bond donors (Lipinski definition) is 0. The van der Waals surface area contributed by atoms with Crippen LogP contribution in [0.25, 0.3) is 10.1 Å². The second-order valence-corrected chi connectivity index (χ2v) is 6.98. The van der Waals surface area contributed by atoms with Crippen LogP contribution >= 0.6 is 11.3 Å².